The minimum atomic E-state index is -0.612. The van der Waals surface area contributed by atoms with Gasteiger partial charge in [0.1, 0.15) is 29.3 Å². The second kappa shape index (κ2) is 9.94. The fourth-order valence-electron chi connectivity index (χ4n) is 4.80. The number of carbonyl (C=O) groups excluding carboxylic acids is 2. The van der Waals surface area contributed by atoms with E-state index in [-0.39, 0.29) is 18.5 Å². The second-order valence-electron chi connectivity index (χ2n) is 11.5. The van der Waals surface area contributed by atoms with E-state index in [1.165, 1.54) is 4.90 Å². The summed E-state index contributed by atoms with van der Waals surface area (Å²) in [5.74, 6) is 1.78. The van der Waals surface area contributed by atoms with Crippen LogP contribution in [0.4, 0.5) is 16.4 Å². The lowest BCUT2D eigenvalue weighted by molar-refractivity contribution is 0.0282. The van der Waals surface area contributed by atoms with Gasteiger partial charge < -0.3 is 19.1 Å². The molecular weight excluding hydrogens is 496 g/mol. The van der Waals surface area contributed by atoms with Crippen LogP contribution in [-0.4, -0.2) is 66.9 Å². The van der Waals surface area contributed by atoms with E-state index in [2.05, 4.69) is 35.9 Å². The van der Waals surface area contributed by atoms with Gasteiger partial charge in [-0.05, 0) is 66.2 Å². The number of rotatable bonds is 6. The Bertz CT molecular complexity index is 1410. The number of fused-ring (bicyclic) bond motifs is 1. The third-order valence-corrected chi connectivity index (χ3v) is 7.06. The molecule has 0 aromatic carbocycles. The highest BCUT2D eigenvalue weighted by atomic mass is 16.6. The molecule has 1 unspecified atom stereocenters. The van der Waals surface area contributed by atoms with Crippen molar-refractivity contribution in [2.24, 2.45) is 0 Å². The molecule has 3 aromatic heterocycles. The van der Waals surface area contributed by atoms with Crippen molar-refractivity contribution in [2.75, 3.05) is 23.4 Å². The first-order valence-electron chi connectivity index (χ1n) is 13.4. The summed E-state index contributed by atoms with van der Waals surface area (Å²) < 4.78 is 7.50. The van der Waals surface area contributed by atoms with E-state index in [1.807, 2.05) is 49.6 Å². The lowest BCUT2D eigenvalue weighted by atomic mass is 10.0. The van der Waals surface area contributed by atoms with Crippen LogP contribution in [0, 0.1) is 0 Å². The summed E-state index contributed by atoms with van der Waals surface area (Å²) >= 11 is 0. The summed E-state index contributed by atoms with van der Waals surface area (Å²) in [4.78, 5) is 41.6. The Kier molecular flexibility index (Phi) is 6.77. The molecule has 3 aromatic rings. The molecule has 1 saturated heterocycles. The summed E-state index contributed by atoms with van der Waals surface area (Å²) in [5.41, 5.74) is 2.09. The van der Waals surface area contributed by atoms with E-state index in [9.17, 15) is 9.59 Å². The molecule has 0 spiro atoms. The highest BCUT2D eigenvalue weighted by Crippen LogP contribution is 2.35. The van der Waals surface area contributed by atoms with Gasteiger partial charge >= 0.3 is 6.09 Å². The summed E-state index contributed by atoms with van der Waals surface area (Å²) in [6, 6.07) is 7.94. The number of aromatic nitrogens is 5. The Labute approximate surface area is 228 Å². The van der Waals surface area contributed by atoms with Crippen molar-refractivity contribution >= 4 is 23.6 Å². The molecule has 206 valence electrons. The maximum Gasteiger partial charge on any atom is 0.410 e. The molecule has 0 bridgehead atoms. The molecule has 0 N–H and O–H groups in total. The standard InChI is InChI=1S/C28H36N8O3/c1-17(2)36-16-29-32-25(36)21-9-8-10-23(30-21)35-14-20-19(26(35)37)13-24(34-12-11-18(34)3)31-22(20)15-33(7)27(38)39-28(4,5)6/h8-10,13,16-18H,11-12,14-15H2,1-7H3. The van der Waals surface area contributed by atoms with Crippen LogP contribution < -0.4 is 9.80 Å². The Hall–Kier alpha value is -4.02. The minimum absolute atomic E-state index is 0.141. The van der Waals surface area contributed by atoms with Crippen LogP contribution in [0.3, 0.4) is 0 Å². The third-order valence-electron chi connectivity index (χ3n) is 7.06. The first-order valence-corrected chi connectivity index (χ1v) is 13.4. The van der Waals surface area contributed by atoms with E-state index < -0.39 is 11.7 Å². The first-order chi connectivity index (χ1) is 18.4. The van der Waals surface area contributed by atoms with Gasteiger partial charge in [0.15, 0.2) is 5.82 Å². The molecule has 2 amide bonds. The highest BCUT2D eigenvalue weighted by Gasteiger charge is 2.36. The zero-order valence-electron chi connectivity index (χ0n) is 23.7. The maximum atomic E-state index is 13.8. The molecule has 5 heterocycles. The van der Waals surface area contributed by atoms with Crippen LogP contribution in [-0.2, 0) is 17.8 Å². The van der Waals surface area contributed by atoms with Crippen LogP contribution in [0.15, 0.2) is 30.6 Å². The van der Waals surface area contributed by atoms with Crippen molar-refractivity contribution in [3.8, 4) is 11.5 Å². The van der Waals surface area contributed by atoms with Crippen LogP contribution in [0.1, 0.15) is 75.6 Å². The van der Waals surface area contributed by atoms with Gasteiger partial charge in [0, 0.05) is 31.2 Å². The van der Waals surface area contributed by atoms with Crippen molar-refractivity contribution in [3.05, 3.63) is 47.4 Å². The number of ether oxygens (including phenoxy) is 1. The largest absolute Gasteiger partial charge is 0.444 e. The average molecular weight is 533 g/mol. The first kappa shape index (κ1) is 26.6. The van der Waals surface area contributed by atoms with E-state index in [4.69, 9.17) is 14.7 Å². The summed E-state index contributed by atoms with van der Waals surface area (Å²) in [6.07, 6.45) is 2.32. The van der Waals surface area contributed by atoms with Crippen molar-refractivity contribution in [2.45, 2.75) is 78.7 Å². The van der Waals surface area contributed by atoms with Crippen molar-refractivity contribution in [3.63, 3.8) is 0 Å². The molecule has 2 aliphatic rings. The molecule has 11 heteroatoms. The zero-order chi connectivity index (χ0) is 28.1. The topological polar surface area (TPSA) is 110 Å². The van der Waals surface area contributed by atoms with Gasteiger partial charge in [0.05, 0.1) is 24.3 Å². The fraction of sp³-hybridized carbons (Fsp3) is 0.500. The minimum Gasteiger partial charge on any atom is -0.444 e. The molecule has 2 aliphatic heterocycles. The number of anilines is 2. The second-order valence-corrected chi connectivity index (χ2v) is 11.5. The molecule has 5 rings (SSSR count). The summed E-state index contributed by atoms with van der Waals surface area (Å²) in [5, 5.41) is 8.31. The van der Waals surface area contributed by atoms with Gasteiger partial charge in [-0.1, -0.05) is 6.07 Å². The van der Waals surface area contributed by atoms with Crippen molar-refractivity contribution in [1.29, 1.82) is 0 Å². The average Bonchev–Trinajstić information content (AvgIpc) is 3.48. The van der Waals surface area contributed by atoms with Gasteiger partial charge in [-0.15, -0.1) is 10.2 Å². The van der Waals surface area contributed by atoms with Gasteiger partial charge in [-0.3, -0.25) is 9.69 Å². The normalized spacial score (nSPS) is 16.9. The zero-order valence-corrected chi connectivity index (χ0v) is 23.7. The monoisotopic (exact) mass is 532 g/mol. The van der Waals surface area contributed by atoms with Gasteiger partial charge in [0.25, 0.3) is 5.91 Å². The number of nitrogens with zero attached hydrogens (tertiary/aromatic N) is 8. The SMILES string of the molecule is CC1CCN1c1cc2c(c(CN(C)C(=O)OC(C)(C)C)n1)CN(c1cccc(-c3nncn3C(C)C)n1)C2=O. The molecular formula is C28H36N8O3. The van der Waals surface area contributed by atoms with E-state index in [1.54, 1.807) is 18.3 Å². The van der Waals surface area contributed by atoms with Crippen LogP contribution in [0.25, 0.3) is 11.5 Å². The van der Waals surface area contributed by atoms with Crippen molar-refractivity contribution < 1.29 is 14.3 Å². The number of pyridine rings is 2. The smallest absolute Gasteiger partial charge is 0.410 e. The quantitative estimate of drug-likeness (QED) is 0.458. The summed E-state index contributed by atoms with van der Waals surface area (Å²) in [7, 11) is 1.69. The lowest BCUT2D eigenvalue weighted by Gasteiger charge is -2.40. The molecule has 11 nitrogen and oxygen atoms in total. The van der Waals surface area contributed by atoms with Gasteiger partial charge in [-0.25, -0.2) is 14.8 Å². The number of hydrogen-bond acceptors (Lipinski definition) is 8. The lowest BCUT2D eigenvalue weighted by Crippen LogP contribution is -2.46. The summed E-state index contributed by atoms with van der Waals surface area (Å²) in [6.45, 7) is 13.2. The number of hydrogen-bond donors (Lipinski definition) is 0. The van der Waals surface area contributed by atoms with E-state index in [0.29, 0.717) is 41.2 Å². The molecule has 0 saturated carbocycles. The van der Waals surface area contributed by atoms with Crippen LogP contribution >= 0.6 is 0 Å². The molecule has 1 atom stereocenters. The number of carbonyl (C=O) groups is 2. The Morgan fingerprint density at radius 1 is 1.21 bits per heavy atom. The van der Waals surface area contributed by atoms with E-state index >= 15 is 0 Å². The van der Waals surface area contributed by atoms with Gasteiger partial charge in [0.2, 0.25) is 0 Å². The predicted molar refractivity (Wildman–Crippen MR) is 148 cm³/mol. The van der Waals surface area contributed by atoms with Crippen LogP contribution in [0.5, 0.6) is 0 Å². The predicted octanol–water partition coefficient (Wildman–Crippen LogP) is 4.44. The Morgan fingerprint density at radius 2 is 1.97 bits per heavy atom. The molecule has 1 fully saturated rings. The van der Waals surface area contributed by atoms with Gasteiger partial charge in [-0.2, -0.15) is 0 Å². The third kappa shape index (κ3) is 5.17. The fourth-order valence-corrected chi connectivity index (χ4v) is 4.80. The van der Waals surface area contributed by atoms with Crippen molar-refractivity contribution in [1.82, 2.24) is 29.6 Å². The van der Waals surface area contributed by atoms with E-state index in [0.717, 1.165) is 24.3 Å². The maximum absolute atomic E-state index is 13.8. The molecule has 0 aliphatic carbocycles. The molecule has 0 radical (unpaired) electrons. The number of amides is 2. The Balaban J connectivity index is 1.49. The highest BCUT2D eigenvalue weighted by molar-refractivity contribution is 6.10. The van der Waals surface area contributed by atoms with Crippen LogP contribution in [0.2, 0.25) is 0 Å². The molecule has 39 heavy (non-hydrogen) atoms. The Morgan fingerprint density at radius 3 is 2.62 bits per heavy atom.